The molecule has 2 aromatic carbocycles. The first-order valence-corrected chi connectivity index (χ1v) is 6.97. The van der Waals surface area contributed by atoms with Crippen molar-refractivity contribution in [2.75, 3.05) is 7.11 Å². The molecule has 20 heavy (non-hydrogen) atoms. The molecule has 0 fully saturated rings. The average Bonchev–Trinajstić information content (AvgIpc) is 2.45. The van der Waals surface area contributed by atoms with Gasteiger partial charge >= 0.3 is 0 Å². The van der Waals surface area contributed by atoms with Gasteiger partial charge in [-0.1, -0.05) is 41.4 Å². The van der Waals surface area contributed by atoms with Crippen LogP contribution < -0.4 is 4.74 Å². The van der Waals surface area contributed by atoms with Crippen molar-refractivity contribution in [1.29, 1.82) is 0 Å². The van der Waals surface area contributed by atoms with E-state index >= 15 is 0 Å². The Labute approximate surface area is 128 Å². The molecular formula is C16H14Cl2O2. The van der Waals surface area contributed by atoms with E-state index in [2.05, 4.69) is 0 Å². The molecule has 0 aliphatic rings. The van der Waals surface area contributed by atoms with Crippen LogP contribution in [0.5, 0.6) is 5.75 Å². The highest BCUT2D eigenvalue weighted by Gasteiger charge is 2.14. The summed E-state index contributed by atoms with van der Waals surface area (Å²) in [5, 5.41) is 0.800. The molecule has 0 heterocycles. The lowest BCUT2D eigenvalue weighted by Crippen LogP contribution is -2.03. The van der Waals surface area contributed by atoms with Crippen LogP contribution in [0.3, 0.4) is 0 Å². The van der Waals surface area contributed by atoms with Crippen LogP contribution in [0.4, 0.5) is 0 Å². The van der Waals surface area contributed by atoms with E-state index in [1.54, 1.807) is 25.3 Å². The standard InChI is InChI=1S/C16H14Cl2O2/c1-20-12-8-5-11(6-9-12)7-10-15(19)16-13(17)3-2-4-14(16)18/h2-6,8-9H,7,10H2,1H3. The van der Waals surface area contributed by atoms with Gasteiger partial charge in [-0.25, -0.2) is 0 Å². The number of hydrogen-bond donors (Lipinski definition) is 0. The lowest BCUT2D eigenvalue weighted by molar-refractivity contribution is 0.0983. The van der Waals surface area contributed by atoms with Crippen LogP contribution in [-0.2, 0) is 6.42 Å². The molecule has 0 spiro atoms. The summed E-state index contributed by atoms with van der Waals surface area (Å²) >= 11 is 12.0. The van der Waals surface area contributed by atoms with E-state index in [-0.39, 0.29) is 5.78 Å². The quantitative estimate of drug-likeness (QED) is 0.740. The SMILES string of the molecule is COc1ccc(CCC(=O)c2c(Cl)cccc2Cl)cc1. The second-order valence-electron chi connectivity index (χ2n) is 4.37. The summed E-state index contributed by atoms with van der Waals surface area (Å²) in [5.41, 5.74) is 1.48. The van der Waals surface area contributed by atoms with Gasteiger partial charge in [-0.3, -0.25) is 4.79 Å². The molecule has 2 aromatic rings. The largest absolute Gasteiger partial charge is 0.497 e. The number of aryl methyl sites for hydroxylation is 1. The second kappa shape index (κ2) is 6.78. The summed E-state index contributed by atoms with van der Waals surface area (Å²) in [6, 6.07) is 12.7. The van der Waals surface area contributed by atoms with Crippen molar-refractivity contribution < 1.29 is 9.53 Å². The van der Waals surface area contributed by atoms with Crippen LogP contribution >= 0.6 is 23.2 Å². The molecular weight excluding hydrogens is 295 g/mol. The highest BCUT2D eigenvalue weighted by Crippen LogP contribution is 2.26. The van der Waals surface area contributed by atoms with Crippen LogP contribution in [0, 0.1) is 0 Å². The van der Waals surface area contributed by atoms with Gasteiger partial charge in [0.2, 0.25) is 0 Å². The van der Waals surface area contributed by atoms with Gasteiger partial charge in [0.15, 0.2) is 5.78 Å². The van der Waals surface area contributed by atoms with Gasteiger partial charge in [-0.05, 0) is 36.2 Å². The molecule has 0 bridgehead atoms. The van der Waals surface area contributed by atoms with E-state index in [4.69, 9.17) is 27.9 Å². The van der Waals surface area contributed by atoms with Crippen molar-refractivity contribution in [2.45, 2.75) is 12.8 Å². The van der Waals surface area contributed by atoms with Crippen LogP contribution in [0.25, 0.3) is 0 Å². The van der Waals surface area contributed by atoms with Crippen molar-refractivity contribution in [3.8, 4) is 5.75 Å². The van der Waals surface area contributed by atoms with E-state index in [0.717, 1.165) is 11.3 Å². The molecule has 0 saturated heterocycles. The van der Waals surface area contributed by atoms with Crippen molar-refractivity contribution >= 4 is 29.0 Å². The van der Waals surface area contributed by atoms with Crippen molar-refractivity contribution in [3.63, 3.8) is 0 Å². The van der Waals surface area contributed by atoms with Crippen molar-refractivity contribution in [2.24, 2.45) is 0 Å². The Balaban J connectivity index is 2.05. The molecule has 104 valence electrons. The molecule has 0 unspecified atom stereocenters. The van der Waals surface area contributed by atoms with Gasteiger partial charge in [0.05, 0.1) is 22.7 Å². The summed E-state index contributed by atoms with van der Waals surface area (Å²) in [7, 11) is 1.62. The minimum absolute atomic E-state index is 0.0450. The predicted octanol–water partition coefficient (Wildman–Crippen LogP) is 4.82. The van der Waals surface area contributed by atoms with E-state index in [0.29, 0.717) is 28.5 Å². The third-order valence-electron chi connectivity index (χ3n) is 3.04. The lowest BCUT2D eigenvalue weighted by atomic mass is 10.0. The average molecular weight is 309 g/mol. The molecule has 0 aromatic heterocycles. The summed E-state index contributed by atoms with van der Waals surface area (Å²) in [4.78, 5) is 12.2. The normalized spacial score (nSPS) is 10.3. The first kappa shape index (κ1) is 14.9. The number of benzene rings is 2. The first-order chi connectivity index (χ1) is 9.61. The fraction of sp³-hybridized carbons (Fsp3) is 0.188. The molecule has 0 amide bonds. The third kappa shape index (κ3) is 3.53. The monoisotopic (exact) mass is 308 g/mol. The lowest BCUT2D eigenvalue weighted by Gasteiger charge is -2.06. The van der Waals surface area contributed by atoms with Crippen LogP contribution in [0.15, 0.2) is 42.5 Å². The van der Waals surface area contributed by atoms with E-state index < -0.39 is 0 Å². The maximum Gasteiger partial charge on any atom is 0.166 e. The number of halogens is 2. The highest BCUT2D eigenvalue weighted by molar-refractivity contribution is 6.39. The summed E-state index contributed by atoms with van der Waals surface area (Å²) in [6.45, 7) is 0. The fourth-order valence-corrected chi connectivity index (χ4v) is 2.55. The maximum atomic E-state index is 12.2. The Kier molecular flexibility index (Phi) is 5.05. The van der Waals surface area contributed by atoms with Crippen molar-refractivity contribution in [1.82, 2.24) is 0 Å². The number of rotatable bonds is 5. The Hall–Kier alpha value is -1.51. The Morgan fingerprint density at radius 1 is 1.05 bits per heavy atom. The molecule has 4 heteroatoms. The van der Waals surface area contributed by atoms with Crippen molar-refractivity contribution in [3.05, 3.63) is 63.6 Å². The van der Waals surface area contributed by atoms with E-state index in [1.165, 1.54) is 0 Å². The number of ether oxygens (including phenoxy) is 1. The number of hydrogen-bond acceptors (Lipinski definition) is 2. The Morgan fingerprint density at radius 3 is 2.20 bits per heavy atom. The van der Waals surface area contributed by atoms with Gasteiger partial charge in [0.25, 0.3) is 0 Å². The molecule has 2 nitrogen and oxygen atoms in total. The molecule has 0 aliphatic heterocycles. The summed E-state index contributed by atoms with van der Waals surface area (Å²) in [5.74, 6) is 0.755. The summed E-state index contributed by atoms with van der Waals surface area (Å²) in [6.07, 6.45) is 1.01. The zero-order chi connectivity index (χ0) is 14.5. The summed E-state index contributed by atoms with van der Waals surface area (Å²) < 4.78 is 5.09. The smallest absolute Gasteiger partial charge is 0.166 e. The van der Waals surface area contributed by atoms with Gasteiger partial charge in [-0.15, -0.1) is 0 Å². The number of Topliss-reactive ketones (excluding diaryl/α,β-unsaturated/α-hetero) is 1. The van der Waals surface area contributed by atoms with Gasteiger partial charge < -0.3 is 4.74 Å². The Morgan fingerprint density at radius 2 is 1.65 bits per heavy atom. The highest BCUT2D eigenvalue weighted by atomic mass is 35.5. The molecule has 0 atom stereocenters. The van der Waals surface area contributed by atoms with Crippen LogP contribution in [0.2, 0.25) is 10.0 Å². The van der Waals surface area contributed by atoms with Gasteiger partial charge in [0, 0.05) is 6.42 Å². The van der Waals surface area contributed by atoms with Crippen LogP contribution in [0.1, 0.15) is 22.3 Å². The van der Waals surface area contributed by atoms with Gasteiger partial charge in [-0.2, -0.15) is 0 Å². The zero-order valence-corrected chi connectivity index (χ0v) is 12.5. The molecule has 0 aliphatic carbocycles. The predicted molar refractivity (Wildman–Crippen MR) is 82.1 cm³/mol. The molecule has 2 rings (SSSR count). The topological polar surface area (TPSA) is 26.3 Å². The first-order valence-electron chi connectivity index (χ1n) is 6.22. The fourth-order valence-electron chi connectivity index (χ4n) is 1.94. The minimum atomic E-state index is -0.0450. The van der Waals surface area contributed by atoms with Gasteiger partial charge in [0.1, 0.15) is 5.75 Å². The number of methoxy groups -OCH3 is 1. The minimum Gasteiger partial charge on any atom is -0.497 e. The molecule has 0 radical (unpaired) electrons. The number of carbonyl (C=O) groups excluding carboxylic acids is 1. The maximum absolute atomic E-state index is 12.2. The molecule has 0 N–H and O–H groups in total. The molecule has 0 saturated carbocycles. The zero-order valence-electron chi connectivity index (χ0n) is 11.0. The van der Waals surface area contributed by atoms with Crippen LogP contribution in [-0.4, -0.2) is 12.9 Å². The Bertz CT molecular complexity index is 586. The number of ketones is 1. The van der Waals surface area contributed by atoms with E-state index in [9.17, 15) is 4.79 Å². The third-order valence-corrected chi connectivity index (χ3v) is 3.67. The number of carbonyl (C=O) groups is 1. The second-order valence-corrected chi connectivity index (χ2v) is 5.18. The van der Waals surface area contributed by atoms with E-state index in [1.807, 2.05) is 24.3 Å².